The Labute approximate surface area is 107 Å². The predicted octanol–water partition coefficient (Wildman–Crippen LogP) is 1.20. The topological polar surface area (TPSA) is 59.6 Å². The first kappa shape index (κ1) is 14.3. The lowest BCUT2D eigenvalue weighted by Crippen LogP contribution is -2.34. The van der Waals surface area contributed by atoms with E-state index in [0.717, 1.165) is 11.1 Å². The number of hydrazine groups is 1. The maximum Gasteiger partial charge on any atom is 0.234 e. The van der Waals surface area contributed by atoms with Crippen LogP contribution in [-0.4, -0.2) is 27.2 Å². The molecular formula is C13H20N2O3. The number of methoxy groups -OCH3 is 2. The number of carbonyl (C=O) groups excluding carboxylic acids is 1. The highest BCUT2D eigenvalue weighted by Crippen LogP contribution is 2.30. The number of benzene rings is 1. The molecule has 5 heteroatoms. The summed E-state index contributed by atoms with van der Waals surface area (Å²) in [5.74, 6) is 1.36. The molecule has 0 saturated carbocycles. The highest BCUT2D eigenvalue weighted by molar-refractivity contribution is 5.75. The van der Waals surface area contributed by atoms with Gasteiger partial charge in [-0.15, -0.1) is 0 Å². The van der Waals surface area contributed by atoms with Gasteiger partial charge in [0.25, 0.3) is 0 Å². The second-order valence-corrected chi connectivity index (χ2v) is 3.93. The smallest absolute Gasteiger partial charge is 0.234 e. The van der Waals surface area contributed by atoms with E-state index in [-0.39, 0.29) is 5.91 Å². The summed E-state index contributed by atoms with van der Waals surface area (Å²) in [5.41, 5.74) is 7.33. The standard InChI is InChI=1S/C13H20N2O3/c1-9-7-11(17-3)12(18-4)8-10(9)5-6-13(16)15-14-2/h7-8,14H,5-6H2,1-4H3,(H,15,16). The molecule has 1 aromatic carbocycles. The normalized spacial score (nSPS) is 10.0. The number of aryl methyl sites for hydroxylation is 2. The molecule has 0 heterocycles. The fourth-order valence-corrected chi connectivity index (χ4v) is 1.74. The molecule has 0 saturated heterocycles. The number of amides is 1. The third kappa shape index (κ3) is 3.63. The molecule has 1 aromatic rings. The summed E-state index contributed by atoms with van der Waals surface area (Å²) in [6.07, 6.45) is 1.09. The van der Waals surface area contributed by atoms with Crippen molar-refractivity contribution in [3.8, 4) is 11.5 Å². The van der Waals surface area contributed by atoms with Gasteiger partial charge in [0.05, 0.1) is 14.2 Å². The van der Waals surface area contributed by atoms with Crippen molar-refractivity contribution in [3.63, 3.8) is 0 Å². The van der Waals surface area contributed by atoms with E-state index in [0.29, 0.717) is 24.3 Å². The van der Waals surface area contributed by atoms with Crippen LogP contribution in [0.15, 0.2) is 12.1 Å². The van der Waals surface area contributed by atoms with Crippen LogP contribution < -0.4 is 20.3 Å². The number of ether oxygens (including phenoxy) is 2. The molecule has 0 spiro atoms. The Morgan fingerprint density at radius 1 is 1.22 bits per heavy atom. The molecule has 0 radical (unpaired) electrons. The first-order chi connectivity index (χ1) is 8.62. The van der Waals surface area contributed by atoms with Gasteiger partial charge >= 0.3 is 0 Å². The molecule has 0 fully saturated rings. The first-order valence-electron chi connectivity index (χ1n) is 5.79. The van der Waals surface area contributed by atoms with E-state index >= 15 is 0 Å². The molecule has 2 N–H and O–H groups in total. The van der Waals surface area contributed by atoms with Gasteiger partial charge in [0.2, 0.25) is 5.91 Å². The molecule has 0 aliphatic rings. The van der Waals surface area contributed by atoms with Gasteiger partial charge in [-0.3, -0.25) is 10.2 Å². The summed E-state index contributed by atoms with van der Waals surface area (Å²) >= 11 is 0. The second-order valence-electron chi connectivity index (χ2n) is 3.93. The summed E-state index contributed by atoms with van der Waals surface area (Å²) in [5, 5.41) is 0. The van der Waals surface area contributed by atoms with E-state index in [1.54, 1.807) is 21.3 Å². The van der Waals surface area contributed by atoms with Crippen LogP contribution in [-0.2, 0) is 11.2 Å². The monoisotopic (exact) mass is 252 g/mol. The van der Waals surface area contributed by atoms with E-state index in [2.05, 4.69) is 10.9 Å². The Morgan fingerprint density at radius 3 is 2.39 bits per heavy atom. The number of rotatable bonds is 6. The minimum atomic E-state index is -0.0355. The highest BCUT2D eigenvalue weighted by Gasteiger charge is 2.09. The van der Waals surface area contributed by atoms with Crippen molar-refractivity contribution in [1.82, 2.24) is 10.9 Å². The van der Waals surface area contributed by atoms with E-state index in [9.17, 15) is 4.79 Å². The van der Waals surface area contributed by atoms with Crippen molar-refractivity contribution in [3.05, 3.63) is 23.3 Å². The van der Waals surface area contributed by atoms with Gasteiger partial charge in [-0.25, -0.2) is 5.43 Å². The van der Waals surface area contributed by atoms with E-state index in [1.165, 1.54) is 0 Å². The highest BCUT2D eigenvalue weighted by atomic mass is 16.5. The zero-order chi connectivity index (χ0) is 13.5. The van der Waals surface area contributed by atoms with Crippen LogP contribution in [0.5, 0.6) is 11.5 Å². The molecule has 18 heavy (non-hydrogen) atoms. The number of hydrogen-bond acceptors (Lipinski definition) is 4. The molecule has 0 aromatic heterocycles. The van der Waals surface area contributed by atoms with Crippen molar-refractivity contribution >= 4 is 5.91 Å². The fraction of sp³-hybridized carbons (Fsp3) is 0.462. The first-order valence-corrected chi connectivity index (χ1v) is 5.79. The molecular weight excluding hydrogens is 232 g/mol. The summed E-state index contributed by atoms with van der Waals surface area (Å²) in [4.78, 5) is 11.4. The maximum atomic E-state index is 11.4. The van der Waals surface area contributed by atoms with Crippen molar-refractivity contribution in [1.29, 1.82) is 0 Å². The minimum Gasteiger partial charge on any atom is -0.493 e. The van der Waals surface area contributed by atoms with Crippen molar-refractivity contribution < 1.29 is 14.3 Å². The molecule has 1 amide bonds. The lowest BCUT2D eigenvalue weighted by Gasteiger charge is -2.12. The third-order valence-corrected chi connectivity index (χ3v) is 2.73. The lowest BCUT2D eigenvalue weighted by atomic mass is 10.0. The average Bonchev–Trinajstić information content (AvgIpc) is 2.37. The Kier molecular flexibility index (Phi) is 5.45. The van der Waals surface area contributed by atoms with Crippen molar-refractivity contribution in [2.45, 2.75) is 19.8 Å². The summed E-state index contributed by atoms with van der Waals surface area (Å²) in [6.45, 7) is 1.99. The van der Waals surface area contributed by atoms with Gasteiger partial charge in [-0.2, -0.15) is 0 Å². The molecule has 100 valence electrons. The lowest BCUT2D eigenvalue weighted by molar-refractivity contribution is -0.121. The molecule has 0 atom stereocenters. The zero-order valence-corrected chi connectivity index (χ0v) is 11.3. The van der Waals surface area contributed by atoms with Crippen LogP contribution in [0.2, 0.25) is 0 Å². The summed E-state index contributed by atoms with van der Waals surface area (Å²) < 4.78 is 10.5. The average molecular weight is 252 g/mol. The van der Waals surface area contributed by atoms with E-state index in [1.807, 2.05) is 19.1 Å². The van der Waals surface area contributed by atoms with Crippen LogP contribution in [0, 0.1) is 6.92 Å². The fourth-order valence-electron chi connectivity index (χ4n) is 1.74. The Hall–Kier alpha value is -1.75. The van der Waals surface area contributed by atoms with E-state index in [4.69, 9.17) is 9.47 Å². The van der Waals surface area contributed by atoms with Crippen LogP contribution >= 0.6 is 0 Å². The Morgan fingerprint density at radius 2 is 1.83 bits per heavy atom. The molecule has 0 bridgehead atoms. The Balaban J connectivity index is 2.79. The van der Waals surface area contributed by atoms with Crippen LogP contribution in [0.25, 0.3) is 0 Å². The van der Waals surface area contributed by atoms with Crippen LogP contribution in [0.1, 0.15) is 17.5 Å². The van der Waals surface area contributed by atoms with E-state index < -0.39 is 0 Å². The Bertz CT molecular complexity index is 419. The van der Waals surface area contributed by atoms with Gasteiger partial charge in [-0.05, 0) is 36.6 Å². The van der Waals surface area contributed by atoms with Crippen molar-refractivity contribution in [2.24, 2.45) is 0 Å². The van der Waals surface area contributed by atoms with Gasteiger partial charge in [-0.1, -0.05) is 0 Å². The molecule has 5 nitrogen and oxygen atoms in total. The van der Waals surface area contributed by atoms with Crippen LogP contribution in [0.3, 0.4) is 0 Å². The largest absolute Gasteiger partial charge is 0.493 e. The van der Waals surface area contributed by atoms with Gasteiger partial charge < -0.3 is 9.47 Å². The summed E-state index contributed by atoms with van der Waals surface area (Å²) in [6, 6.07) is 3.84. The third-order valence-electron chi connectivity index (χ3n) is 2.73. The zero-order valence-electron chi connectivity index (χ0n) is 11.3. The SMILES string of the molecule is CNNC(=O)CCc1cc(OC)c(OC)cc1C. The number of carbonyl (C=O) groups is 1. The van der Waals surface area contributed by atoms with Gasteiger partial charge in [0.15, 0.2) is 11.5 Å². The second kappa shape index (κ2) is 6.86. The van der Waals surface area contributed by atoms with Crippen LogP contribution in [0.4, 0.5) is 0 Å². The quantitative estimate of drug-likeness (QED) is 0.747. The van der Waals surface area contributed by atoms with Gasteiger partial charge in [0.1, 0.15) is 0 Å². The summed E-state index contributed by atoms with van der Waals surface area (Å²) in [7, 11) is 4.88. The predicted molar refractivity (Wildman–Crippen MR) is 69.8 cm³/mol. The molecule has 0 unspecified atom stereocenters. The minimum absolute atomic E-state index is 0.0355. The van der Waals surface area contributed by atoms with Gasteiger partial charge in [0, 0.05) is 13.5 Å². The molecule has 1 rings (SSSR count). The number of hydrogen-bond donors (Lipinski definition) is 2. The van der Waals surface area contributed by atoms with Crippen molar-refractivity contribution in [2.75, 3.05) is 21.3 Å². The molecule has 0 aliphatic heterocycles. The molecule has 0 aliphatic carbocycles. The maximum absolute atomic E-state index is 11.4. The number of nitrogens with one attached hydrogen (secondary N) is 2.